The summed E-state index contributed by atoms with van der Waals surface area (Å²) >= 11 is 0. The van der Waals surface area contributed by atoms with Gasteiger partial charge >= 0.3 is 6.43 Å². The van der Waals surface area contributed by atoms with Crippen LogP contribution in [-0.4, -0.2) is 37.5 Å². The fourth-order valence-electron chi connectivity index (χ4n) is 1.73. The first-order valence-corrected chi connectivity index (χ1v) is 8.21. The lowest BCUT2D eigenvalue weighted by atomic mass is 10.2. The molecule has 2 aromatic rings. The predicted molar refractivity (Wildman–Crippen MR) is 78.6 cm³/mol. The van der Waals surface area contributed by atoms with E-state index in [0.717, 1.165) is 0 Å². The molecule has 0 fully saturated rings. The molecule has 0 aliphatic rings. The number of anilines is 1. The Bertz CT molecular complexity index is 747. The zero-order chi connectivity index (χ0) is 17.0. The highest BCUT2D eigenvalue weighted by molar-refractivity contribution is 7.92. The summed E-state index contributed by atoms with van der Waals surface area (Å²) in [7, 11) is -2.13. The van der Waals surface area contributed by atoms with E-state index in [-0.39, 0.29) is 11.6 Å². The minimum absolute atomic E-state index is 0.00251. The summed E-state index contributed by atoms with van der Waals surface area (Å²) in [6.07, 6.45) is -3.29. The highest BCUT2D eigenvalue weighted by Gasteiger charge is 2.18. The molecule has 23 heavy (non-hydrogen) atoms. The molecule has 7 nitrogen and oxygen atoms in total. The first-order valence-electron chi connectivity index (χ1n) is 6.56. The zero-order valence-electron chi connectivity index (χ0n) is 12.4. The third kappa shape index (κ3) is 4.70. The minimum atomic E-state index is -3.55. The van der Waals surface area contributed by atoms with Crippen LogP contribution in [0.5, 0.6) is 0 Å². The number of rotatable bonds is 7. The second-order valence-corrected chi connectivity index (χ2v) is 6.53. The van der Waals surface area contributed by atoms with E-state index in [9.17, 15) is 17.2 Å². The van der Waals surface area contributed by atoms with Gasteiger partial charge in [0.2, 0.25) is 15.8 Å². The van der Waals surface area contributed by atoms with E-state index in [1.54, 1.807) is 6.92 Å². The van der Waals surface area contributed by atoms with Gasteiger partial charge in [0.1, 0.15) is 0 Å². The number of hydrogen-bond donors (Lipinski definition) is 1. The summed E-state index contributed by atoms with van der Waals surface area (Å²) in [5, 5.41) is 3.44. The summed E-state index contributed by atoms with van der Waals surface area (Å²) in [5.74, 6) is -0.950. The molecule has 126 valence electrons. The number of alkyl halides is 2. The second-order valence-electron chi connectivity index (χ2n) is 4.76. The van der Waals surface area contributed by atoms with Crippen molar-refractivity contribution in [3.05, 3.63) is 30.2 Å². The smallest absolute Gasteiger partial charge is 0.315 e. The van der Waals surface area contributed by atoms with Crippen LogP contribution >= 0.6 is 0 Å². The standard InChI is InChI=1S/C13H15F2N3O4S/c1-8(21-2)7-23(19,20)18-10-5-3-9(4-6-10)12-16-13(11(14)15)22-17-12/h3-6,8,11,18H,7H2,1-2H3/t8-/m1/s1. The molecule has 0 aliphatic heterocycles. The molecule has 1 aromatic heterocycles. The van der Waals surface area contributed by atoms with Crippen LogP contribution in [0.3, 0.4) is 0 Å². The third-order valence-corrected chi connectivity index (χ3v) is 4.36. The Morgan fingerprint density at radius 3 is 2.48 bits per heavy atom. The van der Waals surface area contributed by atoms with E-state index >= 15 is 0 Å². The van der Waals surface area contributed by atoms with E-state index in [1.807, 2.05) is 0 Å². The maximum absolute atomic E-state index is 12.4. The van der Waals surface area contributed by atoms with Crippen LogP contribution < -0.4 is 4.72 Å². The van der Waals surface area contributed by atoms with E-state index in [1.165, 1.54) is 31.4 Å². The van der Waals surface area contributed by atoms with Crippen LogP contribution in [0.4, 0.5) is 14.5 Å². The van der Waals surface area contributed by atoms with Crippen LogP contribution in [-0.2, 0) is 14.8 Å². The van der Waals surface area contributed by atoms with Crippen LogP contribution in [0.1, 0.15) is 19.2 Å². The van der Waals surface area contributed by atoms with Crippen molar-refractivity contribution in [2.24, 2.45) is 0 Å². The average molecular weight is 347 g/mol. The van der Waals surface area contributed by atoms with Gasteiger partial charge in [-0.15, -0.1) is 0 Å². The average Bonchev–Trinajstić information content (AvgIpc) is 2.97. The van der Waals surface area contributed by atoms with Crippen molar-refractivity contribution < 1.29 is 26.5 Å². The van der Waals surface area contributed by atoms with Crippen molar-refractivity contribution >= 4 is 15.7 Å². The molecule has 0 unspecified atom stereocenters. The Balaban J connectivity index is 2.10. The lowest BCUT2D eigenvalue weighted by Crippen LogP contribution is -2.25. The molecule has 0 spiro atoms. The van der Waals surface area contributed by atoms with Crippen LogP contribution in [0, 0.1) is 0 Å². The first-order chi connectivity index (χ1) is 10.8. The van der Waals surface area contributed by atoms with E-state index in [2.05, 4.69) is 19.4 Å². The summed E-state index contributed by atoms with van der Waals surface area (Å²) < 4.78 is 60.3. The molecule has 0 aliphatic carbocycles. The minimum Gasteiger partial charge on any atom is -0.381 e. The van der Waals surface area contributed by atoms with Crippen molar-refractivity contribution in [1.82, 2.24) is 10.1 Å². The highest BCUT2D eigenvalue weighted by atomic mass is 32.2. The number of nitrogens with zero attached hydrogens (tertiary/aromatic N) is 2. The van der Waals surface area contributed by atoms with E-state index in [0.29, 0.717) is 11.3 Å². The van der Waals surface area contributed by atoms with Gasteiger partial charge in [-0.25, -0.2) is 8.42 Å². The fraction of sp³-hybridized carbons (Fsp3) is 0.385. The van der Waals surface area contributed by atoms with Crippen LogP contribution in [0.15, 0.2) is 28.8 Å². The highest BCUT2D eigenvalue weighted by Crippen LogP contribution is 2.23. The normalized spacial score (nSPS) is 13.3. The summed E-state index contributed by atoms with van der Waals surface area (Å²) in [4.78, 5) is 3.55. The largest absolute Gasteiger partial charge is 0.381 e. The molecule has 1 heterocycles. The Labute approximate surface area is 131 Å². The Kier molecular flexibility index (Phi) is 5.26. The van der Waals surface area contributed by atoms with Gasteiger partial charge in [0.15, 0.2) is 0 Å². The number of sulfonamides is 1. The quantitative estimate of drug-likeness (QED) is 0.827. The Morgan fingerprint density at radius 2 is 1.96 bits per heavy atom. The number of benzene rings is 1. The molecular formula is C13H15F2N3O4S. The molecular weight excluding hydrogens is 332 g/mol. The second kappa shape index (κ2) is 7.01. The number of hydrogen-bond acceptors (Lipinski definition) is 6. The lowest BCUT2D eigenvalue weighted by molar-refractivity contribution is 0.106. The monoisotopic (exact) mass is 347 g/mol. The molecule has 1 N–H and O–H groups in total. The maximum Gasteiger partial charge on any atom is 0.315 e. The molecule has 1 aromatic carbocycles. The van der Waals surface area contributed by atoms with Gasteiger partial charge in [0.25, 0.3) is 5.89 Å². The molecule has 1 atom stereocenters. The maximum atomic E-state index is 12.4. The van der Waals surface area contributed by atoms with Gasteiger partial charge < -0.3 is 9.26 Å². The molecule has 0 saturated heterocycles. The van der Waals surface area contributed by atoms with Crippen molar-refractivity contribution in [2.75, 3.05) is 17.6 Å². The first kappa shape index (κ1) is 17.3. The lowest BCUT2D eigenvalue weighted by Gasteiger charge is -2.12. The van der Waals surface area contributed by atoms with Crippen molar-refractivity contribution in [2.45, 2.75) is 19.5 Å². The predicted octanol–water partition coefficient (Wildman–Crippen LogP) is 2.45. The molecule has 0 saturated carbocycles. The number of methoxy groups -OCH3 is 1. The summed E-state index contributed by atoms with van der Waals surface area (Å²) in [6, 6.07) is 5.95. The van der Waals surface area contributed by atoms with E-state index < -0.39 is 28.4 Å². The number of nitrogens with one attached hydrogen (secondary N) is 1. The van der Waals surface area contributed by atoms with Gasteiger partial charge in [-0.1, -0.05) is 5.16 Å². The van der Waals surface area contributed by atoms with Gasteiger partial charge in [-0.3, -0.25) is 4.72 Å². The SMILES string of the molecule is CO[C@H](C)CS(=O)(=O)Nc1ccc(-c2noc(C(F)F)n2)cc1. The molecule has 0 radical (unpaired) electrons. The van der Waals surface area contributed by atoms with Gasteiger partial charge in [0.05, 0.1) is 11.9 Å². The fourth-order valence-corrected chi connectivity index (χ4v) is 3.06. The molecule has 10 heteroatoms. The molecule has 0 amide bonds. The summed E-state index contributed by atoms with van der Waals surface area (Å²) in [5.41, 5.74) is 0.753. The van der Waals surface area contributed by atoms with Crippen molar-refractivity contribution in [3.8, 4) is 11.4 Å². The topological polar surface area (TPSA) is 94.3 Å². The van der Waals surface area contributed by atoms with Crippen molar-refractivity contribution in [1.29, 1.82) is 0 Å². The number of aromatic nitrogens is 2. The number of halogens is 2. The van der Waals surface area contributed by atoms with Crippen LogP contribution in [0.2, 0.25) is 0 Å². The van der Waals surface area contributed by atoms with Gasteiger partial charge in [-0.2, -0.15) is 13.8 Å². The Morgan fingerprint density at radius 1 is 1.30 bits per heavy atom. The molecule has 2 rings (SSSR count). The molecule has 0 bridgehead atoms. The third-order valence-electron chi connectivity index (χ3n) is 2.90. The zero-order valence-corrected chi connectivity index (χ0v) is 13.2. The van der Waals surface area contributed by atoms with Crippen LogP contribution in [0.25, 0.3) is 11.4 Å². The van der Waals surface area contributed by atoms with E-state index in [4.69, 9.17) is 4.74 Å². The Hall–Kier alpha value is -2.07. The number of ether oxygens (including phenoxy) is 1. The van der Waals surface area contributed by atoms with Gasteiger partial charge in [-0.05, 0) is 31.2 Å². The van der Waals surface area contributed by atoms with Crippen molar-refractivity contribution in [3.63, 3.8) is 0 Å². The summed E-state index contributed by atoms with van der Waals surface area (Å²) in [6.45, 7) is 1.64. The van der Waals surface area contributed by atoms with Gasteiger partial charge in [0, 0.05) is 18.4 Å².